The van der Waals surface area contributed by atoms with Crippen LogP contribution in [-0.2, 0) is 24.2 Å². The number of likely N-dealkylation sites (N-methyl/N-ethyl adjacent to an activating group) is 1. The lowest BCUT2D eigenvalue weighted by Gasteiger charge is -2.35. The summed E-state index contributed by atoms with van der Waals surface area (Å²) >= 11 is 0. The summed E-state index contributed by atoms with van der Waals surface area (Å²) in [6, 6.07) is 10.3. The van der Waals surface area contributed by atoms with Gasteiger partial charge in [0.25, 0.3) is 0 Å². The van der Waals surface area contributed by atoms with Crippen molar-refractivity contribution in [2.24, 2.45) is 0 Å². The van der Waals surface area contributed by atoms with Crippen LogP contribution in [0.1, 0.15) is 54.4 Å². The molecular formula is C22H28N4O. The first-order valence-electron chi connectivity index (χ1n) is 10.1. The number of nitrogens with zero attached hydrogens (tertiary/aromatic N) is 4. The molecular weight excluding hydrogens is 336 g/mol. The first-order chi connectivity index (χ1) is 13.2. The first kappa shape index (κ1) is 18.1. The Labute approximate surface area is 161 Å². The highest BCUT2D eigenvalue weighted by atomic mass is 16.2. The van der Waals surface area contributed by atoms with Crippen molar-refractivity contribution < 1.29 is 4.79 Å². The van der Waals surface area contributed by atoms with Crippen LogP contribution in [0, 0.1) is 0 Å². The van der Waals surface area contributed by atoms with Gasteiger partial charge in [-0.2, -0.15) is 0 Å². The van der Waals surface area contributed by atoms with Crippen molar-refractivity contribution in [2.75, 3.05) is 20.1 Å². The van der Waals surface area contributed by atoms with Crippen LogP contribution in [0.3, 0.4) is 0 Å². The van der Waals surface area contributed by atoms with Crippen LogP contribution >= 0.6 is 0 Å². The molecule has 0 N–H and O–H groups in total. The minimum absolute atomic E-state index is 0.0342. The molecule has 0 radical (unpaired) electrons. The van der Waals surface area contributed by atoms with Crippen molar-refractivity contribution in [3.8, 4) is 0 Å². The molecule has 0 saturated carbocycles. The highest BCUT2D eigenvalue weighted by Gasteiger charge is 2.30. The Morgan fingerprint density at radius 3 is 2.89 bits per heavy atom. The molecule has 0 spiro atoms. The molecule has 4 rings (SSSR count). The van der Waals surface area contributed by atoms with E-state index >= 15 is 0 Å². The van der Waals surface area contributed by atoms with Crippen LogP contribution in [0.5, 0.6) is 0 Å². The molecule has 5 nitrogen and oxygen atoms in total. The third-order valence-electron chi connectivity index (χ3n) is 5.73. The molecule has 2 aromatic rings. The lowest BCUT2D eigenvalue weighted by molar-refractivity contribution is -0.135. The molecule has 2 aliphatic rings. The largest absolute Gasteiger partial charge is 0.332 e. The maximum atomic E-state index is 13.0. The molecule has 1 fully saturated rings. The number of hydrogen-bond donors (Lipinski definition) is 0. The quantitative estimate of drug-likeness (QED) is 0.836. The molecule has 5 heteroatoms. The van der Waals surface area contributed by atoms with Gasteiger partial charge in [0, 0.05) is 49.9 Å². The maximum absolute atomic E-state index is 13.0. The smallest absolute Gasteiger partial charge is 0.223 e. The summed E-state index contributed by atoms with van der Waals surface area (Å²) in [7, 11) is 2.13. The van der Waals surface area contributed by atoms with E-state index in [1.54, 1.807) is 0 Å². The highest BCUT2D eigenvalue weighted by molar-refractivity contribution is 5.77. The third kappa shape index (κ3) is 4.19. The van der Waals surface area contributed by atoms with Crippen LogP contribution < -0.4 is 0 Å². The second-order valence-electron chi connectivity index (χ2n) is 7.77. The number of aromatic nitrogens is 2. The first-order valence-corrected chi connectivity index (χ1v) is 10.1. The monoisotopic (exact) mass is 364 g/mol. The number of likely N-dealkylation sites (tertiary alicyclic amines) is 1. The Bertz CT molecular complexity index is 792. The molecule has 142 valence electrons. The predicted molar refractivity (Wildman–Crippen MR) is 105 cm³/mol. The number of rotatable bonds is 4. The lowest BCUT2D eigenvalue weighted by atomic mass is 9.99. The fourth-order valence-electron chi connectivity index (χ4n) is 4.17. The zero-order chi connectivity index (χ0) is 18.6. The summed E-state index contributed by atoms with van der Waals surface area (Å²) in [5.41, 5.74) is 3.61. The predicted octanol–water partition coefficient (Wildman–Crippen LogP) is 3.15. The molecule has 0 aliphatic carbocycles. The number of hydrogen-bond acceptors (Lipinski definition) is 4. The van der Waals surface area contributed by atoms with Crippen LogP contribution in [-0.4, -0.2) is 45.8 Å². The molecule has 3 heterocycles. The van der Waals surface area contributed by atoms with E-state index in [4.69, 9.17) is 4.98 Å². The maximum Gasteiger partial charge on any atom is 0.223 e. The Morgan fingerprint density at radius 2 is 2.04 bits per heavy atom. The number of piperidine rings is 1. The van der Waals surface area contributed by atoms with Gasteiger partial charge >= 0.3 is 0 Å². The van der Waals surface area contributed by atoms with E-state index in [0.717, 1.165) is 57.6 Å². The highest BCUT2D eigenvalue weighted by Crippen LogP contribution is 2.30. The standard InChI is InChI=1S/C22H28N4O/c1-25-14-12-19-18(16-25)15-23-22(24-19)20-9-5-6-13-26(20)21(27)11-10-17-7-3-2-4-8-17/h2-4,7-8,15,20H,5-6,9-14,16H2,1H3. The Kier molecular flexibility index (Phi) is 5.48. The van der Waals surface area contributed by atoms with Crippen LogP contribution in [0.2, 0.25) is 0 Å². The van der Waals surface area contributed by atoms with E-state index in [-0.39, 0.29) is 11.9 Å². The zero-order valence-corrected chi connectivity index (χ0v) is 16.1. The van der Waals surface area contributed by atoms with Gasteiger partial charge in [0.2, 0.25) is 5.91 Å². The van der Waals surface area contributed by atoms with Gasteiger partial charge in [0.1, 0.15) is 0 Å². The molecule has 1 aromatic carbocycles. The molecule has 1 atom stereocenters. The van der Waals surface area contributed by atoms with Crippen molar-refractivity contribution in [1.29, 1.82) is 0 Å². The van der Waals surface area contributed by atoms with E-state index in [1.807, 2.05) is 29.3 Å². The van der Waals surface area contributed by atoms with Gasteiger partial charge in [-0.15, -0.1) is 0 Å². The van der Waals surface area contributed by atoms with E-state index in [1.165, 1.54) is 16.8 Å². The molecule has 2 aliphatic heterocycles. The van der Waals surface area contributed by atoms with Gasteiger partial charge in [0.05, 0.1) is 6.04 Å². The van der Waals surface area contributed by atoms with E-state index in [0.29, 0.717) is 6.42 Å². The van der Waals surface area contributed by atoms with E-state index < -0.39 is 0 Å². The molecule has 27 heavy (non-hydrogen) atoms. The average molecular weight is 364 g/mol. The minimum Gasteiger partial charge on any atom is -0.332 e. The van der Waals surface area contributed by atoms with Crippen LogP contribution in [0.4, 0.5) is 0 Å². The number of aryl methyl sites for hydroxylation is 1. The van der Waals surface area contributed by atoms with Crippen molar-refractivity contribution in [3.63, 3.8) is 0 Å². The van der Waals surface area contributed by atoms with Crippen molar-refractivity contribution in [3.05, 3.63) is 59.2 Å². The fourth-order valence-corrected chi connectivity index (χ4v) is 4.17. The lowest BCUT2D eigenvalue weighted by Crippen LogP contribution is -2.39. The minimum atomic E-state index is 0.0342. The van der Waals surface area contributed by atoms with Gasteiger partial charge in [-0.3, -0.25) is 4.79 Å². The molecule has 1 saturated heterocycles. The Hall–Kier alpha value is -2.27. The summed E-state index contributed by atoms with van der Waals surface area (Å²) in [4.78, 5) is 26.8. The van der Waals surface area contributed by atoms with Crippen LogP contribution in [0.15, 0.2) is 36.5 Å². The molecule has 0 bridgehead atoms. The van der Waals surface area contributed by atoms with Gasteiger partial charge in [-0.25, -0.2) is 9.97 Å². The average Bonchev–Trinajstić information content (AvgIpc) is 2.72. The van der Waals surface area contributed by atoms with Crippen molar-refractivity contribution in [1.82, 2.24) is 19.8 Å². The molecule has 1 aromatic heterocycles. The summed E-state index contributed by atoms with van der Waals surface area (Å²) in [6.45, 7) is 2.77. The topological polar surface area (TPSA) is 49.3 Å². The SMILES string of the molecule is CN1CCc2nc(C3CCCCN3C(=O)CCc3ccccc3)ncc2C1. The van der Waals surface area contributed by atoms with Crippen molar-refractivity contribution in [2.45, 2.75) is 51.1 Å². The third-order valence-corrected chi connectivity index (χ3v) is 5.73. The van der Waals surface area contributed by atoms with Gasteiger partial charge in [0.15, 0.2) is 5.82 Å². The molecule has 1 amide bonds. The van der Waals surface area contributed by atoms with Crippen LogP contribution in [0.25, 0.3) is 0 Å². The summed E-state index contributed by atoms with van der Waals surface area (Å²) in [5.74, 6) is 1.07. The molecule has 1 unspecified atom stereocenters. The number of fused-ring (bicyclic) bond motifs is 1. The Morgan fingerprint density at radius 1 is 1.19 bits per heavy atom. The van der Waals surface area contributed by atoms with E-state index in [2.05, 4.69) is 29.1 Å². The number of carbonyl (C=O) groups excluding carboxylic acids is 1. The van der Waals surface area contributed by atoms with E-state index in [9.17, 15) is 4.79 Å². The van der Waals surface area contributed by atoms with Gasteiger partial charge < -0.3 is 9.80 Å². The normalized spacial score (nSPS) is 20.3. The second-order valence-corrected chi connectivity index (χ2v) is 7.77. The summed E-state index contributed by atoms with van der Waals surface area (Å²) < 4.78 is 0. The second kappa shape index (κ2) is 8.17. The number of benzene rings is 1. The van der Waals surface area contributed by atoms with Crippen molar-refractivity contribution >= 4 is 5.91 Å². The summed E-state index contributed by atoms with van der Waals surface area (Å²) in [6.07, 6.45) is 7.47. The fraction of sp³-hybridized carbons (Fsp3) is 0.500. The van der Waals surface area contributed by atoms with Gasteiger partial charge in [-0.1, -0.05) is 30.3 Å². The number of amides is 1. The Balaban J connectivity index is 1.48. The van der Waals surface area contributed by atoms with Gasteiger partial charge in [-0.05, 0) is 38.3 Å². The summed E-state index contributed by atoms with van der Waals surface area (Å²) in [5, 5.41) is 0. The number of carbonyl (C=O) groups is 1. The zero-order valence-electron chi connectivity index (χ0n) is 16.1.